The summed E-state index contributed by atoms with van der Waals surface area (Å²) >= 11 is 3.40. The van der Waals surface area contributed by atoms with E-state index in [4.69, 9.17) is 4.74 Å². The lowest BCUT2D eigenvalue weighted by atomic mass is 10.1. The van der Waals surface area contributed by atoms with E-state index < -0.39 is 0 Å². The average Bonchev–Trinajstić information content (AvgIpc) is 2.32. The minimum Gasteiger partial charge on any atom is -0.492 e. The lowest BCUT2D eigenvalue weighted by molar-refractivity contribution is 0.112. The molecule has 0 heterocycles. The molecular formula is C13H17BrO2. The van der Waals surface area contributed by atoms with Crippen LogP contribution in [0.4, 0.5) is 0 Å². The average molecular weight is 285 g/mol. The van der Waals surface area contributed by atoms with Crippen molar-refractivity contribution >= 4 is 22.2 Å². The van der Waals surface area contributed by atoms with Gasteiger partial charge >= 0.3 is 0 Å². The van der Waals surface area contributed by atoms with Crippen molar-refractivity contribution < 1.29 is 9.53 Å². The normalized spacial score (nSPS) is 10.5. The number of aldehydes is 1. The Hall–Kier alpha value is -0.830. The summed E-state index contributed by atoms with van der Waals surface area (Å²) < 4.78 is 6.55. The molecule has 0 unspecified atom stereocenters. The molecule has 0 amide bonds. The van der Waals surface area contributed by atoms with Gasteiger partial charge < -0.3 is 4.74 Å². The Bertz CT molecular complexity index is 346. The monoisotopic (exact) mass is 284 g/mol. The van der Waals surface area contributed by atoms with Gasteiger partial charge in [-0.15, -0.1) is 0 Å². The van der Waals surface area contributed by atoms with E-state index in [1.54, 1.807) is 12.1 Å². The van der Waals surface area contributed by atoms with E-state index in [1.165, 1.54) is 0 Å². The standard InChI is InChI=1S/C13H17BrO2/c1-3-10(4-2)9-16-13-6-5-11(8-15)7-12(13)14/h5-8,10H,3-4,9H2,1-2H3. The summed E-state index contributed by atoms with van der Waals surface area (Å²) in [5.74, 6) is 1.40. The summed E-state index contributed by atoms with van der Waals surface area (Å²) in [7, 11) is 0. The van der Waals surface area contributed by atoms with Gasteiger partial charge in [0.1, 0.15) is 12.0 Å². The summed E-state index contributed by atoms with van der Waals surface area (Å²) in [5.41, 5.74) is 0.654. The zero-order valence-electron chi connectivity index (χ0n) is 9.70. The zero-order valence-corrected chi connectivity index (χ0v) is 11.3. The Morgan fingerprint density at radius 2 is 2.06 bits per heavy atom. The second-order valence-corrected chi connectivity index (χ2v) is 4.66. The highest BCUT2D eigenvalue weighted by atomic mass is 79.9. The number of carbonyl (C=O) groups is 1. The van der Waals surface area contributed by atoms with Crippen LogP contribution in [-0.2, 0) is 0 Å². The first-order chi connectivity index (χ1) is 7.71. The van der Waals surface area contributed by atoms with E-state index in [0.717, 1.165) is 36.0 Å². The van der Waals surface area contributed by atoms with Crippen LogP contribution < -0.4 is 4.74 Å². The predicted octanol–water partition coefficient (Wildman–Crippen LogP) is 4.08. The maximum absolute atomic E-state index is 10.6. The van der Waals surface area contributed by atoms with Crippen LogP contribution in [0.5, 0.6) is 5.75 Å². The molecule has 0 bridgehead atoms. The maximum Gasteiger partial charge on any atom is 0.150 e. The Morgan fingerprint density at radius 3 is 2.56 bits per heavy atom. The van der Waals surface area contributed by atoms with Gasteiger partial charge in [0.25, 0.3) is 0 Å². The summed E-state index contributed by atoms with van der Waals surface area (Å²) in [6.45, 7) is 5.07. The third-order valence-corrected chi connectivity index (χ3v) is 3.34. The number of benzene rings is 1. The van der Waals surface area contributed by atoms with Crippen molar-refractivity contribution in [3.8, 4) is 5.75 Å². The molecule has 0 radical (unpaired) electrons. The molecule has 0 atom stereocenters. The van der Waals surface area contributed by atoms with Crippen LogP contribution in [0.25, 0.3) is 0 Å². The molecule has 3 heteroatoms. The third kappa shape index (κ3) is 3.63. The smallest absolute Gasteiger partial charge is 0.150 e. The molecule has 0 aliphatic heterocycles. The molecule has 0 saturated heterocycles. The highest BCUT2D eigenvalue weighted by molar-refractivity contribution is 9.10. The van der Waals surface area contributed by atoms with E-state index >= 15 is 0 Å². The summed E-state index contributed by atoms with van der Waals surface area (Å²) in [6, 6.07) is 5.37. The first-order valence-corrected chi connectivity index (χ1v) is 6.38. The van der Waals surface area contributed by atoms with E-state index in [-0.39, 0.29) is 0 Å². The number of carbonyl (C=O) groups excluding carboxylic acids is 1. The Kier molecular flexibility index (Phi) is 5.53. The second kappa shape index (κ2) is 6.69. The van der Waals surface area contributed by atoms with E-state index in [2.05, 4.69) is 29.8 Å². The van der Waals surface area contributed by atoms with Crippen molar-refractivity contribution in [1.29, 1.82) is 0 Å². The molecule has 16 heavy (non-hydrogen) atoms. The molecule has 2 nitrogen and oxygen atoms in total. The highest BCUT2D eigenvalue weighted by Crippen LogP contribution is 2.26. The molecule has 0 aromatic heterocycles. The van der Waals surface area contributed by atoms with Gasteiger partial charge in [-0.25, -0.2) is 0 Å². The summed E-state index contributed by atoms with van der Waals surface area (Å²) in [4.78, 5) is 10.6. The number of hydrogen-bond acceptors (Lipinski definition) is 2. The lowest BCUT2D eigenvalue weighted by Crippen LogP contribution is -2.10. The second-order valence-electron chi connectivity index (χ2n) is 3.80. The Balaban J connectivity index is 2.63. The molecule has 0 spiro atoms. The first kappa shape index (κ1) is 13.2. The molecule has 0 fully saturated rings. The van der Waals surface area contributed by atoms with Gasteiger partial charge in [0.15, 0.2) is 0 Å². The topological polar surface area (TPSA) is 26.3 Å². The lowest BCUT2D eigenvalue weighted by Gasteiger charge is -2.14. The number of ether oxygens (including phenoxy) is 1. The van der Waals surface area contributed by atoms with Crippen LogP contribution in [0, 0.1) is 5.92 Å². The minimum absolute atomic E-state index is 0.595. The molecule has 88 valence electrons. The minimum atomic E-state index is 0.595. The molecule has 0 aliphatic rings. The quantitative estimate of drug-likeness (QED) is 0.736. The molecule has 1 aromatic rings. The van der Waals surface area contributed by atoms with Crippen molar-refractivity contribution in [2.45, 2.75) is 26.7 Å². The van der Waals surface area contributed by atoms with E-state index in [1.807, 2.05) is 6.07 Å². The van der Waals surface area contributed by atoms with Crippen molar-refractivity contribution in [3.63, 3.8) is 0 Å². The molecule has 0 aliphatic carbocycles. The highest BCUT2D eigenvalue weighted by Gasteiger charge is 2.07. The van der Waals surface area contributed by atoms with Gasteiger partial charge in [0.2, 0.25) is 0 Å². The Labute approximate surface area is 105 Å². The van der Waals surface area contributed by atoms with Crippen molar-refractivity contribution in [2.24, 2.45) is 5.92 Å². The zero-order chi connectivity index (χ0) is 12.0. The number of halogens is 1. The largest absolute Gasteiger partial charge is 0.492 e. The molecule has 0 N–H and O–H groups in total. The molecule has 1 aromatic carbocycles. The van der Waals surface area contributed by atoms with Gasteiger partial charge in [-0.1, -0.05) is 26.7 Å². The maximum atomic E-state index is 10.6. The molecule has 0 saturated carbocycles. The Morgan fingerprint density at radius 1 is 1.38 bits per heavy atom. The van der Waals surface area contributed by atoms with Crippen LogP contribution >= 0.6 is 15.9 Å². The fourth-order valence-electron chi connectivity index (χ4n) is 1.44. The van der Waals surface area contributed by atoms with Gasteiger partial charge in [0, 0.05) is 5.56 Å². The van der Waals surface area contributed by atoms with Crippen LogP contribution in [-0.4, -0.2) is 12.9 Å². The fourth-order valence-corrected chi connectivity index (χ4v) is 1.95. The SMILES string of the molecule is CCC(CC)COc1ccc(C=O)cc1Br. The first-order valence-electron chi connectivity index (χ1n) is 5.58. The fraction of sp³-hybridized carbons (Fsp3) is 0.462. The van der Waals surface area contributed by atoms with Gasteiger partial charge in [-0.3, -0.25) is 4.79 Å². The number of rotatable bonds is 6. The van der Waals surface area contributed by atoms with Crippen molar-refractivity contribution in [1.82, 2.24) is 0 Å². The summed E-state index contributed by atoms with van der Waals surface area (Å²) in [5, 5.41) is 0. The predicted molar refractivity (Wildman–Crippen MR) is 69.1 cm³/mol. The van der Waals surface area contributed by atoms with Crippen molar-refractivity contribution in [2.75, 3.05) is 6.61 Å². The van der Waals surface area contributed by atoms with Gasteiger partial charge in [-0.05, 0) is 40.0 Å². The van der Waals surface area contributed by atoms with Crippen LogP contribution in [0.2, 0.25) is 0 Å². The van der Waals surface area contributed by atoms with Gasteiger partial charge in [0.05, 0.1) is 11.1 Å². The third-order valence-electron chi connectivity index (χ3n) is 2.72. The summed E-state index contributed by atoms with van der Waals surface area (Å²) in [6.07, 6.45) is 3.08. The molecule has 1 rings (SSSR count). The van der Waals surface area contributed by atoms with E-state index in [0.29, 0.717) is 11.5 Å². The van der Waals surface area contributed by atoms with Crippen molar-refractivity contribution in [3.05, 3.63) is 28.2 Å². The molecular weight excluding hydrogens is 268 g/mol. The number of hydrogen-bond donors (Lipinski definition) is 0. The van der Waals surface area contributed by atoms with Gasteiger partial charge in [-0.2, -0.15) is 0 Å². The van der Waals surface area contributed by atoms with Crippen LogP contribution in [0.3, 0.4) is 0 Å². The van der Waals surface area contributed by atoms with E-state index in [9.17, 15) is 4.79 Å². The van der Waals surface area contributed by atoms with Crippen LogP contribution in [0.15, 0.2) is 22.7 Å². The van der Waals surface area contributed by atoms with Crippen LogP contribution in [0.1, 0.15) is 37.0 Å².